The van der Waals surface area contributed by atoms with Gasteiger partial charge in [0.15, 0.2) is 16.7 Å². The molecule has 12 heteroatoms. The topological polar surface area (TPSA) is 97.8 Å². The van der Waals surface area contributed by atoms with E-state index in [1.807, 2.05) is 39.0 Å². The van der Waals surface area contributed by atoms with Gasteiger partial charge in [-0.05, 0) is 75.7 Å². The molecule has 4 aromatic rings. The molecule has 0 atom stereocenters. The summed E-state index contributed by atoms with van der Waals surface area (Å²) in [7, 11) is 1.59. The van der Waals surface area contributed by atoms with E-state index in [1.165, 1.54) is 17.4 Å². The summed E-state index contributed by atoms with van der Waals surface area (Å²) < 4.78 is 32.5. The van der Waals surface area contributed by atoms with Crippen LogP contribution >= 0.6 is 23.6 Å². The lowest BCUT2D eigenvalue weighted by Gasteiger charge is -2.27. The van der Waals surface area contributed by atoms with Crippen LogP contribution in [0.25, 0.3) is 20.8 Å². The van der Waals surface area contributed by atoms with Gasteiger partial charge in [0.05, 0.1) is 33.9 Å². The number of carbonyl (C=O) groups excluding carboxylic acids is 1. The van der Waals surface area contributed by atoms with Crippen LogP contribution in [0.1, 0.15) is 39.2 Å². The number of nitrogens with zero attached hydrogens (tertiary/aromatic N) is 3. The Labute approximate surface area is 259 Å². The van der Waals surface area contributed by atoms with Gasteiger partial charge in [-0.3, -0.25) is 9.97 Å². The van der Waals surface area contributed by atoms with Crippen molar-refractivity contribution in [1.82, 2.24) is 20.2 Å². The molecule has 3 heterocycles. The molecule has 1 saturated carbocycles. The molecule has 0 radical (unpaired) electrons. The van der Waals surface area contributed by atoms with Gasteiger partial charge in [-0.2, -0.15) is 0 Å². The minimum atomic E-state index is -0.602. The summed E-state index contributed by atoms with van der Waals surface area (Å²) in [4.78, 5) is 24.3. The van der Waals surface area contributed by atoms with E-state index in [0.29, 0.717) is 47.8 Å². The molecule has 1 aliphatic carbocycles. The lowest BCUT2D eigenvalue weighted by molar-refractivity contribution is 0.0183. The molecule has 43 heavy (non-hydrogen) atoms. The average molecular weight is 624 g/mol. The van der Waals surface area contributed by atoms with E-state index in [0.717, 1.165) is 33.7 Å². The molecule has 9 nitrogen and oxygen atoms in total. The lowest BCUT2D eigenvalue weighted by atomic mass is 10.2. The van der Waals surface area contributed by atoms with E-state index in [2.05, 4.69) is 20.6 Å². The highest BCUT2D eigenvalue weighted by atomic mass is 32.1. The summed E-state index contributed by atoms with van der Waals surface area (Å²) in [6, 6.07) is 12.5. The number of amides is 1. The van der Waals surface area contributed by atoms with Crippen LogP contribution in [-0.2, 0) is 16.0 Å². The van der Waals surface area contributed by atoms with Gasteiger partial charge in [-0.15, -0.1) is 11.3 Å². The summed E-state index contributed by atoms with van der Waals surface area (Å²) in [5.74, 6) is 0.0817. The number of thiophene rings is 1. The fourth-order valence-electron chi connectivity index (χ4n) is 4.13. The summed E-state index contributed by atoms with van der Waals surface area (Å²) >= 11 is 6.74. The van der Waals surface area contributed by atoms with Crippen LogP contribution in [0, 0.1) is 5.82 Å². The molecule has 5 rings (SSSR count). The second kappa shape index (κ2) is 13.2. The van der Waals surface area contributed by atoms with E-state index in [-0.39, 0.29) is 5.75 Å². The Morgan fingerprint density at radius 2 is 1.95 bits per heavy atom. The minimum absolute atomic E-state index is 0.0968. The Kier molecular flexibility index (Phi) is 9.38. The third-order valence-corrected chi connectivity index (χ3v) is 7.75. The van der Waals surface area contributed by atoms with Gasteiger partial charge in [0.25, 0.3) is 0 Å². The van der Waals surface area contributed by atoms with Crippen molar-refractivity contribution in [3.63, 3.8) is 0 Å². The number of anilines is 1. The fraction of sp³-hybridized carbons (Fsp3) is 0.355. The largest absolute Gasteiger partial charge is 0.453 e. The van der Waals surface area contributed by atoms with E-state index in [4.69, 9.17) is 26.4 Å². The Bertz CT molecular complexity index is 1600. The third-order valence-electron chi connectivity index (χ3n) is 6.37. The Balaban J connectivity index is 1.29. The van der Waals surface area contributed by atoms with Crippen LogP contribution in [0.2, 0.25) is 0 Å². The zero-order valence-corrected chi connectivity index (χ0v) is 26.1. The SMILES string of the molecule is COCCN(Cc1ccc(-c2cc3nccc(Oc4ccc(NC(=S)NC5CC5)cc4F)c3s2)nc1)C(=O)OC(C)(C)C. The van der Waals surface area contributed by atoms with E-state index < -0.39 is 17.5 Å². The number of aromatic nitrogens is 2. The minimum Gasteiger partial charge on any atom is -0.453 e. The smallest absolute Gasteiger partial charge is 0.410 e. The second-order valence-corrected chi connectivity index (χ2v) is 12.7. The number of rotatable bonds is 10. The monoisotopic (exact) mass is 623 g/mol. The number of nitrogens with one attached hydrogen (secondary N) is 2. The number of pyridine rings is 2. The van der Waals surface area contributed by atoms with E-state index in [9.17, 15) is 9.18 Å². The molecule has 0 aliphatic heterocycles. The molecule has 1 fully saturated rings. The number of ether oxygens (including phenoxy) is 3. The average Bonchev–Trinajstić information content (AvgIpc) is 3.65. The van der Waals surface area contributed by atoms with Crippen molar-refractivity contribution >= 4 is 50.7 Å². The number of benzene rings is 1. The Morgan fingerprint density at radius 3 is 2.63 bits per heavy atom. The first-order valence-electron chi connectivity index (χ1n) is 13.9. The predicted molar refractivity (Wildman–Crippen MR) is 170 cm³/mol. The molecule has 1 amide bonds. The van der Waals surface area contributed by atoms with Crippen LogP contribution in [-0.4, -0.2) is 58.0 Å². The van der Waals surface area contributed by atoms with Gasteiger partial charge in [0, 0.05) is 49.9 Å². The first-order valence-corrected chi connectivity index (χ1v) is 15.2. The van der Waals surface area contributed by atoms with Crippen LogP contribution in [0.3, 0.4) is 0 Å². The number of hydrogen-bond donors (Lipinski definition) is 2. The normalized spacial score (nSPS) is 13.0. The number of methoxy groups -OCH3 is 1. The summed E-state index contributed by atoms with van der Waals surface area (Å²) in [6.45, 7) is 6.62. The van der Waals surface area contributed by atoms with Crippen molar-refractivity contribution in [3.05, 3.63) is 66.2 Å². The van der Waals surface area contributed by atoms with Crippen molar-refractivity contribution in [2.75, 3.05) is 25.6 Å². The number of fused-ring (bicyclic) bond motifs is 1. The maximum absolute atomic E-state index is 15.0. The maximum Gasteiger partial charge on any atom is 0.410 e. The predicted octanol–water partition coefficient (Wildman–Crippen LogP) is 7.12. The summed E-state index contributed by atoms with van der Waals surface area (Å²) in [5, 5.41) is 6.66. The molecule has 226 valence electrons. The number of halogens is 1. The summed E-state index contributed by atoms with van der Waals surface area (Å²) in [6.07, 6.45) is 5.16. The molecular weight excluding hydrogens is 590 g/mol. The van der Waals surface area contributed by atoms with Gasteiger partial charge < -0.3 is 29.7 Å². The first kappa shape index (κ1) is 30.6. The maximum atomic E-state index is 15.0. The van der Waals surface area contributed by atoms with Crippen molar-refractivity contribution in [1.29, 1.82) is 0 Å². The quantitative estimate of drug-likeness (QED) is 0.179. The second-order valence-electron chi connectivity index (χ2n) is 11.2. The number of thiocarbonyl (C=S) groups is 1. The van der Waals surface area contributed by atoms with Crippen LogP contribution in [0.5, 0.6) is 11.5 Å². The molecular formula is C31H34FN5O4S2. The highest BCUT2D eigenvalue weighted by Crippen LogP contribution is 2.39. The number of carbonyl (C=O) groups is 1. The fourth-order valence-corrected chi connectivity index (χ4v) is 5.46. The molecule has 0 bridgehead atoms. The van der Waals surface area contributed by atoms with Crippen LogP contribution < -0.4 is 15.4 Å². The molecule has 0 unspecified atom stereocenters. The highest BCUT2D eigenvalue weighted by Gasteiger charge is 2.23. The molecule has 1 aliphatic rings. The van der Waals surface area contributed by atoms with E-state index in [1.54, 1.807) is 42.6 Å². The molecule has 1 aromatic carbocycles. The standard InChI is InChI=1S/C31H34FN5O4S2/c1-31(2,3)41-30(38)37(13-14-39-4)18-19-5-9-23(34-17-19)27-16-24-28(43-27)26(11-12-33-24)40-25-10-8-21(15-22(25)32)36-29(42)35-20-6-7-20/h5,8-12,15-17,20H,6-7,13-14,18H2,1-4H3,(H2,35,36,42). The zero-order valence-electron chi connectivity index (χ0n) is 24.5. The van der Waals surface area contributed by atoms with Crippen molar-refractivity contribution in [3.8, 4) is 22.1 Å². The Morgan fingerprint density at radius 1 is 1.14 bits per heavy atom. The molecule has 3 aromatic heterocycles. The molecule has 0 saturated heterocycles. The van der Waals surface area contributed by atoms with Gasteiger partial charge in [0.1, 0.15) is 11.4 Å². The van der Waals surface area contributed by atoms with Crippen LogP contribution in [0.4, 0.5) is 14.9 Å². The van der Waals surface area contributed by atoms with Gasteiger partial charge in [-0.25, -0.2) is 9.18 Å². The van der Waals surface area contributed by atoms with Gasteiger partial charge in [0.2, 0.25) is 0 Å². The third kappa shape index (κ3) is 8.37. The molecule has 2 N–H and O–H groups in total. The van der Waals surface area contributed by atoms with Gasteiger partial charge in [-0.1, -0.05) is 6.07 Å². The van der Waals surface area contributed by atoms with E-state index >= 15 is 0 Å². The van der Waals surface area contributed by atoms with Crippen molar-refractivity contribution in [2.45, 2.75) is 51.8 Å². The number of hydrogen-bond acceptors (Lipinski definition) is 8. The van der Waals surface area contributed by atoms with Crippen LogP contribution in [0.15, 0.2) is 54.9 Å². The first-order chi connectivity index (χ1) is 20.6. The molecule has 0 spiro atoms. The zero-order chi connectivity index (χ0) is 30.6. The summed E-state index contributed by atoms with van der Waals surface area (Å²) in [5.41, 5.74) is 2.26. The Hall–Kier alpha value is -3.87. The van der Waals surface area contributed by atoms with Crippen molar-refractivity contribution < 1.29 is 23.4 Å². The lowest BCUT2D eigenvalue weighted by Crippen LogP contribution is -2.38. The van der Waals surface area contributed by atoms with Crippen molar-refractivity contribution in [2.24, 2.45) is 0 Å². The van der Waals surface area contributed by atoms with Gasteiger partial charge >= 0.3 is 6.09 Å². The highest BCUT2D eigenvalue weighted by molar-refractivity contribution is 7.80.